The Hall–Kier alpha value is -0.440. The molecule has 0 aromatic heterocycles. The summed E-state index contributed by atoms with van der Waals surface area (Å²) >= 11 is 0. The quantitative estimate of drug-likeness (QED) is 0.514. The van der Waals surface area contributed by atoms with E-state index in [4.69, 9.17) is 0 Å². The molecule has 0 saturated carbocycles. The van der Waals surface area contributed by atoms with E-state index in [1.165, 1.54) is 25.7 Å². The second-order valence-electron chi connectivity index (χ2n) is 3.51. The van der Waals surface area contributed by atoms with Gasteiger partial charge in [-0.2, -0.15) is 0 Å². The van der Waals surface area contributed by atoms with Crippen molar-refractivity contribution in [2.75, 3.05) is 0 Å². The third-order valence-corrected chi connectivity index (χ3v) is 1.32. The molecule has 0 bridgehead atoms. The van der Waals surface area contributed by atoms with Gasteiger partial charge in [0, 0.05) is 0 Å². The Bertz CT molecular complexity index is 57.7. The number of unbranched alkanes of at least 4 members (excludes halogenated alkanes) is 1. The Kier molecular flexibility index (Phi) is 65.2. The maximum Gasteiger partial charge on any atom is -0.0474 e. The topological polar surface area (TPSA) is 0 Å². The smallest absolute Gasteiger partial charge is 0.0474 e. The van der Waals surface area contributed by atoms with E-state index < -0.39 is 0 Å². The first-order chi connectivity index (χ1) is 6.60. The van der Waals surface area contributed by atoms with E-state index in [0.717, 1.165) is 5.92 Å². The van der Waals surface area contributed by atoms with Gasteiger partial charge in [0.1, 0.15) is 0 Å². The molecule has 88 valence electrons. The van der Waals surface area contributed by atoms with Crippen molar-refractivity contribution in [1.29, 1.82) is 0 Å². The van der Waals surface area contributed by atoms with E-state index in [0.29, 0.717) is 0 Å². The van der Waals surface area contributed by atoms with Crippen LogP contribution in [0.3, 0.4) is 0 Å². The van der Waals surface area contributed by atoms with Gasteiger partial charge in [0.05, 0.1) is 0 Å². The number of hydrogen-bond acceptors (Lipinski definition) is 0. The van der Waals surface area contributed by atoms with Crippen LogP contribution in [0.1, 0.15) is 74.1 Å². The van der Waals surface area contributed by atoms with E-state index in [-0.39, 0.29) is 0 Å². The first-order valence-electron chi connectivity index (χ1n) is 5.93. The Balaban J connectivity index is -0.0000000505. The van der Waals surface area contributed by atoms with Crippen LogP contribution >= 0.6 is 0 Å². The standard InChI is InChI=1S/C5H12.C4H10.C3H8.C2H2/c1-4-5(2)3;1-3-4-2;1-3-2;1-2/h5H,4H2,1-3H3;3-4H2,1-2H3;3H2,1-2H3;1-2H. The molecular weight excluding hydrogens is 168 g/mol. The molecule has 0 aliphatic heterocycles. The van der Waals surface area contributed by atoms with Gasteiger partial charge in [0.2, 0.25) is 0 Å². The molecule has 0 rings (SSSR count). The first-order valence-corrected chi connectivity index (χ1v) is 5.93. The molecule has 0 saturated heterocycles. The molecule has 0 N–H and O–H groups in total. The van der Waals surface area contributed by atoms with Gasteiger partial charge >= 0.3 is 0 Å². The zero-order chi connectivity index (χ0) is 12.4. The van der Waals surface area contributed by atoms with E-state index in [1.807, 2.05) is 0 Å². The molecule has 0 fully saturated rings. The highest BCUT2D eigenvalue weighted by Gasteiger charge is 1.80. The fourth-order valence-corrected chi connectivity index (χ4v) is 0. The largest absolute Gasteiger partial charge is 0.124 e. The Labute approximate surface area is 93.5 Å². The summed E-state index contributed by atoms with van der Waals surface area (Å²) in [6, 6.07) is 0. The van der Waals surface area contributed by atoms with E-state index in [1.54, 1.807) is 0 Å². The van der Waals surface area contributed by atoms with Crippen LogP contribution in [-0.4, -0.2) is 0 Å². The van der Waals surface area contributed by atoms with Crippen LogP contribution in [0.2, 0.25) is 0 Å². The minimum atomic E-state index is 0.884. The van der Waals surface area contributed by atoms with Crippen LogP contribution < -0.4 is 0 Å². The van der Waals surface area contributed by atoms with Gasteiger partial charge < -0.3 is 0 Å². The van der Waals surface area contributed by atoms with Crippen molar-refractivity contribution in [3.63, 3.8) is 0 Å². The predicted molar refractivity (Wildman–Crippen MR) is 71.6 cm³/mol. The molecule has 0 aromatic rings. The van der Waals surface area contributed by atoms with Gasteiger partial charge in [-0.3, -0.25) is 0 Å². The van der Waals surface area contributed by atoms with E-state index in [2.05, 4.69) is 61.3 Å². The molecule has 0 atom stereocenters. The van der Waals surface area contributed by atoms with Crippen molar-refractivity contribution in [3.8, 4) is 12.8 Å². The zero-order valence-electron chi connectivity index (χ0n) is 11.6. The summed E-state index contributed by atoms with van der Waals surface area (Å²) in [5.74, 6) is 0.884. The monoisotopic (exact) mass is 200 g/mol. The lowest BCUT2D eigenvalue weighted by Gasteiger charge is -1.90. The number of rotatable bonds is 2. The van der Waals surface area contributed by atoms with Crippen LogP contribution in [0, 0.1) is 18.8 Å². The lowest BCUT2D eigenvalue weighted by atomic mass is 10.2. The number of hydrogen-bond donors (Lipinski definition) is 0. The van der Waals surface area contributed by atoms with Gasteiger partial charge in [-0.15, -0.1) is 12.8 Å². The highest BCUT2D eigenvalue weighted by Crippen LogP contribution is 1.93. The van der Waals surface area contributed by atoms with Crippen molar-refractivity contribution >= 4 is 0 Å². The maximum atomic E-state index is 4.00. The van der Waals surface area contributed by atoms with Gasteiger partial charge in [-0.05, 0) is 5.92 Å². The minimum absolute atomic E-state index is 0.884. The molecule has 0 aliphatic carbocycles. The molecular formula is C14H32. The van der Waals surface area contributed by atoms with Crippen molar-refractivity contribution in [2.24, 2.45) is 5.92 Å². The Morgan fingerprint density at radius 2 is 0.929 bits per heavy atom. The summed E-state index contributed by atoms with van der Waals surface area (Å²) < 4.78 is 0. The molecule has 0 nitrogen and oxygen atoms in total. The molecule has 14 heavy (non-hydrogen) atoms. The average molecular weight is 200 g/mol. The summed E-state index contributed by atoms with van der Waals surface area (Å²) in [4.78, 5) is 0. The van der Waals surface area contributed by atoms with Gasteiger partial charge in [-0.1, -0.05) is 74.1 Å². The molecule has 0 heteroatoms. The molecule has 0 aliphatic rings. The second kappa shape index (κ2) is 39.0. The van der Waals surface area contributed by atoms with Crippen molar-refractivity contribution in [1.82, 2.24) is 0 Å². The Morgan fingerprint density at radius 1 is 0.786 bits per heavy atom. The maximum absolute atomic E-state index is 4.00. The summed E-state index contributed by atoms with van der Waals surface area (Å²) in [7, 11) is 0. The molecule has 0 aromatic carbocycles. The molecule has 0 spiro atoms. The van der Waals surface area contributed by atoms with Crippen molar-refractivity contribution in [2.45, 2.75) is 74.1 Å². The molecule has 0 heterocycles. The molecule has 0 radical (unpaired) electrons. The minimum Gasteiger partial charge on any atom is -0.124 e. The Morgan fingerprint density at radius 3 is 0.929 bits per heavy atom. The summed E-state index contributed by atoms with van der Waals surface area (Å²) in [5, 5.41) is 0. The van der Waals surface area contributed by atoms with Crippen LogP contribution in [-0.2, 0) is 0 Å². The zero-order valence-corrected chi connectivity index (χ0v) is 11.6. The van der Waals surface area contributed by atoms with E-state index >= 15 is 0 Å². The molecule has 0 amide bonds. The van der Waals surface area contributed by atoms with Gasteiger partial charge in [0.15, 0.2) is 0 Å². The fourth-order valence-electron chi connectivity index (χ4n) is 0. The summed E-state index contributed by atoms with van der Waals surface area (Å²) in [5.41, 5.74) is 0. The van der Waals surface area contributed by atoms with Gasteiger partial charge in [-0.25, -0.2) is 0 Å². The number of terminal acetylenes is 1. The highest BCUT2D eigenvalue weighted by molar-refractivity contribution is 4.47. The van der Waals surface area contributed by atoms with Crippen LogP contribution in [0.25, 0.3) is 0 Å². The van der Waals surface area contributed by atoms with Crippen LogP contribution in [0.5, 0.6) is 0 Å². The summed E-state index contributed by atoms with van der Waals surface area (Å²) in [6.45, 7) is 15.3. The lowest BCUT2D eigenvalue weighted by molar-refractivity contribution is 0.626. The van der Waals surface area contributed by atoms with Crippen molar-refractivity contribution < 1.29 is 0 Å². The van der Waals surface area contributed by atoms with E-state index in [9.17, 15) is 0 Å². The van der Waals surface area contributed by atoms with Gasteiger partial charge in [0.25, 0.3) is 0 Å². The third kappa shape index (κ3) is 197. The second-order valence-corrected chi connectivity index (χ2v) is 3.51. The fraction of sp³-hybridized carbons (Fsp3) is 0.857. The third-order valence-electron chi connectivity index (χ3n) is 1.32. The normalized spacial score (nSPS) is 7.00. The predicted octanol–water partition coefficient (Wildman–Crippen LogP) is 5.52. The SMILES string of the molecule is C#C.CCC.CCC(C)C.CCCC. The average Bonchev–Trinajstić information content (AvgIpc) is 2.22. The molecule has 0 unspecified atom stereocenters. The summed E-state index contributed by atoms with van der Waals surface area (Å²) in [6.07, 6.45) is 13.2. The highest BCUT2D eigenvalue weighted by atomic mass is 13.9. The van der Waals surface area contributed by atoms with Crippen molar-refractivity contribution in [3.05, 3.63) is 0 Å². The van der Waals surface area contributed by atoms with Crippen LogP contribution in [0.4, 0.5) is 0 Å². The first kappa shape index (κ1) is 23.4. The van der Waals surface area contributed by atoms with Crippen LogP contribution in [0.15, 0.2) is 0 Å². The lowest BCUT2D eigenvalue weighted by Crippen LogP contribution is -1.77.